The number of urea groups is 1. The van der Waals surface area contributed by atoms with Gasteiger partial charge < -0.3 is 19.1 Å². The van der Waals surface area contributed by atoms with E-state index in [4.69, 9.17) is 16.6 Å². The number of rotatable bonds is 3. The predicted octanol–water partition coefficient (Wildman–Crippen LogP) is 4.44. The summed E-state index contributed by atoms with van der Waals surface area (Å²) >= 11 is 6.59. The Kier molecular flexibility index (Phi) is 5.93. The first-order valence-electron chi connectivity index (χ1n) is 11.4. The number of fused-ring (bicyclic) bond motifs is 1. The van der Waals surface area contributed by atoms with Gasteiger partial charge in [0, 0.05) is 62.4 Å². The smallest absolute Gasteiger partial charge is 0.320 e. The minimum atomic E-state index is -0.151. The Morgan fingerprint density at radius 2 is 1.76 bits per heavy atom. The van der Waals surface area contributed by atoms with Crippen molar-refractivity contribution >= 4 is 29.0 Å². The van der Waals surface area contributed by atoms with Gasteiger partial charge in [-0.2, -0.15) is 4.91 Å². The average Bonchev–Trinajstić information content (AvgIpc) is 3.20. The van der Waals surface area contributed by atoms with Crippen molar-refractivity contribution in [1.29, 1.82) is 0 Å². The number of piperazine rings is 1. The molecule has 2 saturated heterocycles. The summed E-state index contributed by atoms with van der Waals surface area (Å²) in [6, 6.07) is 11.9. The fourth-order valence-electron chi connectivity index (χ4n) is 4.78. The molecular weight excluding hydrogens is 440 g/mol. The van der Waals surface area contributed by atoms with Crippen LogP contribution in [0.15, 0.2) is 47.8 Å². The van der Waals surface area contributed by atoms with Crippen molar-refractivity contribution in [2.24, 2.45) is 5.18 Å². The monoisotopic (exact) mass is 466 g/mol. The van der Waals surface area contributed by atoms with Crippen LogP contribution in [0.25, 0.3) is 16.9 Å². The van der Waals surface area contributed by atoms with Crippen LogP contribution in [-0.4, -0.2) is 70.5 Å². The summed E-state index contributed by atoms with van der Waals surface area (Å²) in [6.07, 6.45) is 3.32. The number of hydrogen-bond donors (Lipinski definition) is 0. The SMILES string of the molecule is Cc1c(-c2cc(N3CCN(C(=O)N4CCC(N=O)CC4)CC3)ccc2Cl)nc2ccccn12. The van der Waals surface area contributed by atoms with Gasteiger partial charge in [0.2, 0.25) is 0 Å². The fraction of sp³-hybridized carbons (Fsp3) is 0.417. The van der Waals surface area contributed by atoms with E-state index in [2.05, 4.69) is 27.5 Å². The third kappa shape index (κ3) is 4.15. The number of aryl methyl sites for hydroxylation is 1. The van der Waals surface area contributed by atoms with Gasteiger partial charge in [0.15, 0.2) is 0 Å². The molecule has 172 valence electrons. The van der Waals surface area contributed by atoms with E-state index in [9.17, 15) is 9.70 Å². The van der Waals surface area contributed by atoms with Crippen molar-refractivity contribution in [3.05, 3.63) is 58.2 Å². The zero-order valence-electron chi connectivity index (χ0n) is 18.7. The molecule has 2 aliphatic rings. The number of hydrogen-bond acceptors (Lipinski definition) is 5. The van der Waals surface area contributed by atoms with Crippen LogP contribution in [0, 0.1) is 11.8 Å². The number of halogens is 1. The maximum Gasteiger partial charge on any atom is 0.320 e. The molecule has 0 unspecified atom stereocenters. The van der Waals surface area contributed by atoms with Gasteiger partial charge in [0.1, 0.15) is 5.65 Å². The van der Waals surface area contributed by atoms with Crippen molar-refractivity contribution in [3.8, 4) is 11.3 Å². The number of imidazole rings is 1. The summed E-state index contributed by atoms with van der Waals surface area (Å²) in [7, 11) is 0. The van der Waals surface area contributed by atoms with Gasteiger partial charge in [-0.15, -0.1) is 0 Å². The summed E-state index contributed by atoms with van der Waals surface area (Å²) in [4.78, 5) is 34.5. The summed E-state index contributed by atoms with van der Waals surface area (Å²) < 4.78 is 2.07. The molecule has 0 saturated carbocycles. The number of pyridine rings is 1. The molecule has 2 fully saturated rings. The van der Waals surface area contributed by atoms with Crippen molar-refractivity contribution in [2.75, 3.05) is 44.2 Å². The molecule has 0 radical (unpaired) electrons. The Hall–Kier alpha value is -3.13. The van der Waals surface area contributed by atoms with Gasteiger partial charge in [-0.1, -0.05) is 22.8 Å². The van der Waals surface area contributed by atoms with Crippen LogP contribution < -0.4 is 4.90 Å². The van der Waals surface area contributed by atoms with Gasteiger partial charge in [0.25, 0.3) is 0 Å². The topological polar surface area (TPSA) is 73.5 Å². The third-order valence-corrected chi connectivity index (χ3v) is 7.10. The highest BCUT2D eigenvalue weighted by atomic mass is 35.5. The number of aromatic nitrogens is 2. The molecule has 0 spiro atoms. The number of benzene rings is 1. The molecule has 0 atom stereocenters. The summed E-state index contributed by atoms with van der Waals surface area (Å²) in [5, 5.41) is 3.80. The molecule has 2 aliphatic heterocycles. The lowest BCUT2D eigenvalue weighted by Crippen LogP contribution is -2.54. The minimum absolute atomic E-state index is 0.0659. The maximum absolute atomic E-state index is 12.9. The lowest BCUT2D eigenvalue weighted by Gasteiger charge is -2.40. The van der Waals surface area contributed by atoms with Crippen molar-refractivity contribution in [1.82, 2.24) is 19.2 Å². The summed E-state index contributed by atoms with van der Waals surface area (Å²) in [5.41, 5.74) is 4.83. The first-order valence-corrected chi connectivity index (χ1v) is 11.8. The number of anilines is 1. The van der Waals surface area contributed by atoms with Crippen LogP contribution in [0.3, 0.4) is 0 Å². The number of carbonyl (C=O) groups is 1. The van der Waals surface area contributed by atoms with E-state index in [-0.39, 0.29) is 12.1 Å². The zero-order valence-corrected chi connectivity index (χ0v) is 19.4. The van der Waals surface area contributed by atoms with Gasteiger partial charge in [-0.05, 0) is 50.1 Å². The zero-order chi connectivity index (χ0) is 22.9. The lowest BCUT2D eigenvalue weighted by atomic mass is 10.1. The van der Waals surface area contributed by atoms with E-state index in [1.165, 1.54) is 0 Å². The second-order valence-electron chi connectivity index (χ2n) is 8.72. The molecule has 33 heavy (non-hydrogen) atoms. The van der Waals surface area contributed by atoms with Gasteiger partial charge in [-0.25, -0.2) is 9.78 Å². The molecule has 3 aromatic rings. The Labute approximate surface area is 197 Å². The Morgan fingerprint density at radius 3 is 2.45 bits per heavy atom. The normalized spacial score (nSPS) is 17.6. The third-order valence-electron chi connectivity index (χ3n) is 6.77. The van der Waals surface area contributed by atoms with Crippen LogP contribution in [0.5, 0.6) is 0 Å². The van der Waals surface area contributed by atoms with Gasteiger partial charge in [0.05, 0.1) is 16.8 Å². The van der Waals surface area contributed by atoms with E-state index in [1.54, 1.807) is 0 Å². The van der Waals surface area contributed by atoms with Crippen LogP contribution in [0.4, 0.5) is 10.5 Å². The highest BCUT2D eigenvalue weighted by Crippen LogP contribution is 2.34. The summed E-state index contributed by atoms with van der Waals surface area (Å²) in [5.74, 6) is 0. The van der Waals surface area contributed by atoms with Gasteiger partial charge in [-0.3, -0.25) is 0 Å². The molecular formula is C24H27ClN6O2. The first kappa shape index (κ1) is 21.7. The second kappa shape index (κ2) is 9.02. The van der Waals surface area contributed by atoms with Crippen molar-refractivity contribution in [3.63, 3.8) is 0 Å². The first-order chi connectivity index (χ1) is 16.0. The molecule has 9 heteroatoms. The molecule has 1 aromatic carbocycles. The van der Waals surface area contributed by atoms with Crippen molar-refractivity contribution in [2.45, 2.75) is 25.8 Å². The van der Waals surface area contributed by atoms with E-state index in [0.717, 1.165) is 41.4 Å². The molecule has 0 bridgehead atoms. The Morgan fingerprint density at radius 1 is 1.03 bits per heavy atom. The Balaban J connectivity index is 1.29. The van der Waals surface area contributed by atoms with Crippen LogP contribution in [0.1, 0.15) is 18.5 Å². The van der Waals surface area contributed by atoms with E-state index >= 15 is 0 Å². The van der Waals surface area contributed by atoms with Crippen LogP contribution in [-0.2, 0) is 0 Å². The summed E-state index contributed by atoms with van der Waals surface area (Å²) in [6.45, 7) is 6.10. The van der Waals surface area contributed by atoms with Crippen molar-refractivity contribution < 1.29 is 4.79 Å². The van der Waals surface area contributed by atoms with Crippen LogP contribution >= 0.6 is 11.6 Å². The number of nitrogens with zero attached hydrogens (tertiary/aromatic N) is 6. The number of amides is 2. The fourth-order valence-corrected chi connectivity index (χ4v) is 4.99. The minimum Gasteiger partial charge on any atom is -0.368 e. The van der Waals surface area contributed by atoms with Gasteiger partial charge >= 0.3 is 6.03 Å². The molecule has 8 nitrogen and oxygen atoms in total. The predicted molar refractivity (Wildman–Crippen MR) is 130 cm³/mol. The largest absolute Gasteiger partial charge is 0.368 e. The molecule has 2 amide bonds. The molecule has 0 aliphatic carbocycles. The number of likely N-dealkylation sites (tertiary alicyclic amines) is 1. The highest BCUT2D eigenvalue weighted by Gasteiger charge is 2.29. The average molecular weight is 467 g/mol. The lowest BCUT2D eigenvalue weighted by molar-refractivity contribution is 0.138. The highest BCUT2D eigenvalue weighted by molar-refractivity contribution is 6.33. The number of carbonyl (C=O) groups excluding carboxylic acids is 1. The molecule has 2 aromatic heterocycles. The standard InChI is InChI=1S/C24H27ClN6O2/c1-17-23(26-22-4-2-3-9-31(17)22)20-16-19(5-6-21(20)25)28-12-14-30(15-13-28)24(32)29-10-7-18(27-33)8-11-29/h2-6,9,16,18H,7-8,10-15H2,1H3. The molecule has 5 rings (SSSR count). The quantitative estimate of drug-likeness (QED) is 0.535. The van der Waals surface area contributed by atoms with E-state index in [1.807, 2.05) is 46.3 Å². The van der Waals surface area contributed by atoms with E-state index in [0.29, 0.717) is 44.0 Å². The molecule has 4 heterocycles. The second-order valence-corrected chi connectivity index (χ2v) is 9.13. The number of nitroso groups, excluding NO2 is 1. The van der Waals surface area contributed by atoms with Crippen LogP contribution in [0.2, 0.25) is 5.02 Å². The maximum atomic E-state index is 12.9. The number of piperidine rings is 1. The Bertz CT molecular complexity index is 1180. The van der Waals surface area contributed by atoms with E-state index < -0.39 is 0 Å². The molecule has 0 N–H and O–H groups in total.